The van der Waals surface area contributed by atoms with Crippen molar-refractivity contribution in [3.8, 4) is 0 Å². The Morgan fingerprint density at radius 2 is 1.92 bits per heavy atom. The van der Waals surface area contributed by atoms with Crippen molar-refractivity contribution < 1.29 is 4.79 Å². The van der Waals surface area contributed by atoms with Gasteiger partial charge in [0.25, 0.3) is 0 Å². The van der Waals surface area contributed by atoms with E-state index in [1.807, 2.05) is 24.3 Å². The van der Waals surface area contributed by atoms with Gasteiger partial charge in [-0.2, -0.15) is 0 Å². The predicted octanol–water partition coefficient (Wildman–Crippen LogP) is 2.63. The fourth-order valence-corrected chi connectivity index (χ4v) is 1.52. The molecule has 12 heavy (non-hydrogen) atoms. The van der Waals surface area contributed by atoms with Gasteiger partial charge in [0.2, 0.25) is 0 Å². The van der Waals surface area contributed by atoms with Crippen LogP contribution >= 0.6 is 11.6 Å². The van der Waals surface area contributed by atoms with E-state index in [1.165, 1.54) is 0 Å². The Balaban J connectivity index is 2.91. The molecule has 0 radical (unpaired) electrons. The van der Waals surface area contributed by atoms with E-state index in [-0.39, 0.29) is 0 Å². The highest BCUT2D eigenvalue weighted by Crippen LogP contribution is 2.24. The molecule has 2 aromatic rings. The largest absolute Gasteiger partial charge is 0.342 e. The lowest BCUT2D eigenvalue weighted by Gasteiger charge is -1.86. The first-order valence-electron chi connectivity index (χ1n) is 3.54. The lowest BCUT2D eigenvalue weighted by molar-refractivity contribution is 0.112. The second-order valence-corrected chi connectivity index (χ2v) is 2.89. The predicted molar refractivity (Wildman–Crippen MR) is 48.7 cm³/mol. The van der Waals surface area contributed by atoms with Crippen LogP contribution in [0.5, 0.6) is 0 Å². The molecule has 0 saturated carbocycles. The Morgan fingerprint density at radius 1 is 1.25 bits per heavy atom. The molecule has 2 rings (SSSR count). The number of aromatic nitrogens is 1. The van der Waals surface area contributed by atoms with Crippen molar-refractivity contribution in [1.82, 2.24) is 4.98 Å². The Bertz CT molecular complexity index is 433. The van der Waals surface area contributed by atoms with Crippen molar-refractivity contribution in [3.05, 3.63) is 35.1 Å². The van der Waals surface area contributed by atoms with E-state index in [0.717, 1.165) is 17.1 Å². The van der Waals surface area contributed by atoms with Crippen LogP contribution in [-0.2, 0) is 0 Å². The Labute approximate surface area is 74.2 Å². The molecule has 0 fully saturated rings. The number of carbonyl (C=O) groups excluding carboxylic acids is 1. The summed E-state index contributed by atoms with van der Waals surface area (Å²) in [4.78, 5) is 13.3. The van der Waals surface area contributed by atoms with Crippen LogP contribution in [0.4, 0.5) is 0 Å². The van der Waals surface area contributed by atoms with Gasteiger partial charge in [0.15, 0.2) is 6.29 Å². The topological polar surface area (TPSA) is 32.9 Å². The number of halogens is 1. The van der Waals surface area contributed by atoms with Gasteiger partial charge < -0.3 is 4.98 Å². The van der Waals surface area contributed by atoms with Gasteiger partial charge in [0.05, 0.1) is 5.69 Å². The monoisotopic (exact) mass is 179 g/mol. The summed E-state index contributed by atoms with van der Waals surface area (Å²) in [6, 6.07) is 7.50. The molecule has 0 aliphatic heterocycles. The average Bonchev–Trinajstić information content (AvgIpc) is 2.44. The standard InChI is InChI=1S/C9H6ClNO/c10-9-7-4-2-1-3-6(7)8(5-12)11-9/h1-5,11H. The van der Waals surface area contributed by atoms with E-state index in [2.05, 4.69) is 4.98 Å². The highest BCUT2D eigenvalue weighted by Gasteiger charge is 2.05. The van der Waals surface area contributed by atoms with Gasteiger partial charge in [-0.25, -0.2) is 0 Å². The number of aromatic amines is 1. The average molecular weight is 180 g/mol. The van der Waals surface area contributed by atoms with Crippen molar-refractivity contribution >= 4 is 28.7 Å². The number of fused-ring (bicyclic) bond motifs is 1. The number of benzene rings is 1. The smallest absolute Gasteiger partial charge is 0.166 e. The maximum absolute atomic E-state index is 10.5. The summed E-state index contributed by atoms with van der Waals surface area (Å²) >= 11 is 5.84. The summed E-state index contributed by atoms with van der Waals surface area (Å²) in [5.41, 5.74) is 0.538. The third-order valence-corrected chi connectivity index (χ3v) is 2.11. The van der Waals surface area contributed by atoms with Gasteiger partial charge >= 0.3 is 0 Å². The quantitative estimate of drug-likeness (QED) is 0.671. The van der Waals surface area contributed by atoms with E-state index < -0.39 is 0 Å². The maximum Gasteiger partial charge on any atom is 0.166 e. The Kier molecular flexibility index (Phi) is 1.62. The third kappa shape index (κ3) is 0.924. The molecule has 3 heteroatoms. The van der Waals surface area contributed by atoms with Crippen LogP contribution in [0.15, 0.2) is 24.3 Å². The highest BCUT2D eigenvalue weighted by atomic mass is 35.5. The van der Waals surface area contributed by atoms with Crippen LogP contribution in [0.2, 0.25) is 5.15 Å². The Morgan fingerprint density at radius 3 is 2.58 bits per heavy atom. The fraction of sp³-hybridized carbons (Fsp3) is 0. The minimum Gasteiger partial charge on any atom is -0.342 e. The van der Waals surface area contributed by atoms with E-state index in [4.69, 9.17) is 11.6 Å². The van der Waals surface area contributed by atoms with Crippen LogP contribution in [0.3, 0.4) is 0 Å². The molecular formula is C9H6ClNO. The molecule has 2 nitrogen and oxygen atoms in total. The Hall–Kier alpha value is -1.28. The van der Waals surface area contributed by atoms with E-state index in [0.29, 0.717) is 10.8 Å². The number of carbonyl (C=O) groups is 1. The van der Waals surface area contributed by atoms with Crippen LogP contribution in [0.1, 0.15) is 10.5 Å². The summed E-state index contributed by atoms with van der Waals surface area (Å²) in [5.74, 6) is 0. The maximum atomic E-state index is 10.5. The lowest BCUT2D eigenvalue weighted by Crippen LogP contribution is -1.77. The van der Waals surface area contributed by atoms with Gasteiger partial charge in [0, 0.05) is 10.8 Å². The van der Waals surface area contributed by atoms with E-state index >= 15 is 0 Å². The highest BCUT2D eigenvalue weighted by molar-refractivity contribution is 6.35. The summed E-state index contributed by atoms with van der Waals surface area (Å²) < 4.78 is 0. The summed E-state index contributed by atoms with van der Waals surface area (Å²) in [6.45, 7) is 0. The molecule has 1 aromatic carbocycles. The molecule has 0 spiro atoms. The number of rotatable bonds is 1. The number of nitrogens with one attached hydrogen (secondary N) is 1. The molecule has 0 amide bonds. The van der Waals surface area contributed by atoms with Crippen LogP contribution < -0.4 is 0 Å². The zero-order valence-corrected chi connectivity index (χ0v) is 6.93. The third-order valence-electron chi connectivity index (χ3n) is 1.82. The van der Waals surface area contributed by atoms with Crippen LogP contribution in [0.25, 0.3) is 10.8 Å². The minimum absolute atomic E-state index is 0.521. The molecule has 0 bridgehead atoms. The van der Waals surface area contributed by atoms with Crippen molar-refractivity contribution in [3.63, 3.8) is 0 Å². The molecule has 1 aromatic heterocycles. The zero-order chi connectivity index (χ0) is 8.55. The first-order valence-corrected chi connectivity index (χ1v) is 3.92. The van der Waals surface area contributed by atoms with Gasteiger partial charge in [0.1, 0.15) is 5.15 Å². The number of aldehydes is 1. The summed E-state index contributed by atoms with van der Waals surface area (Å²) in [7, 11) is 0. The van der Waals surface area contributed by atoms with Crippen molar-refractivity contribution in [1.29, 1.82) is 0 Å². The van der Waals surface area contributed by atoms with Gasteiger partial charge in [-0.3, -0.25) is 4.79 Å². The SMILES string of the molecule is O=Cc1[nH]c(Cl)c2ccccc12. The molecule has 0 atom stereocenters. The number of H-pyrrole nitrogens is 1. The molecule has 60 valence electrons. The molecule has 0 saturated heterocycles. The second-order valence-electron chi connectivity index (χ2n) is 2.52. The van der Waals surface area contributed by atoms with Crippen LogP contribution in [-0.4, -0.2) is 11.3 Å². The lowest BCUT2D eigenvalue weighted by atomic mass is 10.2. The van der Waals surface area contributed by atoms with Gasteiger partial charge in [-0.05, 0) is 0 Å². The van der Waals surface area contributed by atoms with E-state index in [9.17, 15) is 4.79 Å². The molecule has 1 heterocycles. The van der Waals surface area contributed by atoms with Crippen LogP contribution in [0, 0.1) is 0 Å². The number of hydrogen-bond donors (Lipinski definition) is 1. The van der Waals surface area contributed by atoms with Crippen molar-refractivity contribution in [2.75, 3.05) is 0 Å². The van der Waals surface area contributed by atoms with Crippen molar-refractivity contribution in [2.24, 2.45) is 0 Å². The first kappa shape index (κ1) is 7.37. The molecular weight excluding hydrogens is 174 g/mol. The second kappa shape index (κ2) is 2.64. The molecule has 0 aliphatic carbocycles. The summed E-state index contributed by atoms with van der Waals surface area (Å²) in [5, 5.41) is 2.28. The molecule has 1 N–H and O–H groups in total. The fourth-order valence-electron chi connectivity index (χ4n) is 1.26. The normalized spacial score (nSPS) is 10.4. The van der Waals surface area contributed by atoms with Gasteiger partial charge in [-0.1, -0.05) is 35.9 Å². The van der Waals surface area contributed by atoms with E-state index in [1.54, 1.807) is 0 Å². The summed E-state index contributed by atoms with van der Waals surface area (Å²) in [6.07, 6.45) is 0.772. The zero-order valence-electron chi connectivity index (χ0n) is 6.17. The minimum atomic E-state index is 0.521. The number of hydrogen-bond acceptors (Lipinski definition) is 1. The van der Waals surface area contributed by atoms with Crippen molar-refractivity contribution in [2.45, 2.75) is 0 Å². The van der Waals surface area contributed by atoms with Gasteiger partial charge in [-0.15, -0.1) is 0 Å². The molecule has 0 unspecified atom stereocenters. The first-order chi connectivity index (χ1) is 5.83. The molecule has 0 aliphatic rings.